The fraction of sp³-hybridized carbons (Fsp3) is 0. The first-order valence-corrected chi connectivity index (χ1v) is 7.87. The Morgan fingerprint density at radius 3 is 2.09 bits per heavy atom. The van der Waals surface area contributed by atoms with Gasteiger partial charge in [0.2, 0.25) is 0 Å². The van der Waals surface area contributed by atoms with Crippen molar-refractivity contribution >= 4 is 28.8 Å². The van der Waals surface area contributed by atoms with Gasteiger partial charge in [0.15, 0.2) is 0 Å². The lowest BCUT2D eigenvalue weighted by atomic mass is 9.96. The molecule has 4 heteroatoms. The van der Waals surface area contributed by atoms with Crippen molar-refractivity contribution in [3.63, 3.8) is 0 Å². The van der Waals surface area contributed by atoms with Gasteiger partial charge in [-0.25, -0.2) is 4.98 Å². The van der Waals surface area contributed by atoms with Crippen LogP contribution in [0.3, 0.4) is 0 Å². The minimum Gasteiger partial charge on any atom is -0.306 e. The summed E-state index contributed by atoms with van der Waals surface area (Å²) in [6.45, 7) is 0. The Labute approximate surface area is 143 Å². The molecular formula is C19H11Cl2N2. The summed E-state index contributed by atoms with van der Waals surface area (Å²) in [4.78, 5) is 4.51. The number of aromatic nitrogens is 2. The third-order valence-electron chi connectivity index (χ3n) is 3.76. The van der Waals surface area contributed by atoms with Gasteiger partial charge >= 0.3 is 0 Å². The molecule has 0 unspecified atom stereocenters. The molecular weight excluding hydrogens is 327 g/mol. The predicted octanol–water partition coefficient (Wildman–Crippen LogP) is 5.78. The Morgan fingerprint density at radius 1 is 0.826 bits per heavy atom. The lowest BCUT2D eigenvalue weighted by Gasteiger charge is -2.12. The molecule has 2 heterocycles. The maximum atomic E-state index is 6.03. The van der Waals surface area contributed by atoms with E-state index in [1.807, 2.05) is 65.3 Å². The van der Waals surface area contributed by atoms with Gasteiger partial charge in [0.25, 0.3) is 0 Å². The van der Waals surface area contributed by atoms with Crippen LogP contribution in [0, 0.1) is 6.07 Å². The van der Waals surface area contributed by atoms with E-state index in [-0.39, 0.29) is 0 Å². The smallest absolute Gasteiger partial charge is 0.145 e. The minimum absolute atomic E-state index is 0.709. The lowest BCUT2D eigenvalue weighted by molar-refractivity contribution is 1.18. The van der Waals surface area contributed by atoms with Crippen LogP contribution in [0.25, 0.3) is 27.9 Å². The van der Waals surface area contributed by atoms with E-state index >= 15 is 0 Å². The van der Waals surface area contributed by atoms with E-state index < -0.39 is 0 Å². The zero-order valence-electron chi connectivity index (χ0n) is 12.0. The van der Waals surface area contributed by atoms with Crippen LogP contribution in [0.15, 0.2) is 67.1 Å². The molecule has 0 bridgehead atoms. The maximum absolute atomic E-state index is 6.03. The monoisotopic (exact) mass is 337 g/mol. The highest BCUT2D eigenvalue weighted by Gasteiger charge is 2.13. The normalized spacial score (nSPS) is 11.0. The van der Waals surface area contributed by atoms with E-state index in [1.165, 1.54) is 0 Å². The maximum Gasteiger partial charge on any atom is 0.145 e. The SMILES string of the molecule is Clc1ccc(-c2[c]cn3ccnc3c2-c2ccc(Cl)cc2)cc1. The van der Waals surface area contributed by atoms with Gasteiger partial charge < -0.3 is 4.40 Å². The van der Waals surface area contributed by atoms with Gasteiger partial charge in [-0.3, -0.25) is 0 Å². The highest BCUT2D eigenvalue weighted by molar-refractivity contribution is 6.31. The Bertz CT molecular complexity index is 971. The Balaban J connectivity index is 2.02. The molecule has 0 aliphatic rings. The predicted molar refractivity (Wildman–Crippen MR) is 94.9 cm³/mol. The number of hydrogen-bond acceptors (Lipinski definition) is 1. The third kappa shape index (κ3) is 2.61. The summed E-state index contributed by atoms with van der Waals surface area (Å²) in [6.07, 6.45) is 5.59. The fourth-order valence-corrected chi connectivity index (χ4v) is 2.92. The topological polar surface area (TPSA) is 17.3 Å². The molecule has 4 rings (SSSR count). The second-order valence-electron chi connectivity index (χ2n) is 5.20. The number of nitrogens with zero attached hydrogens (tertiary/aromatic N) is 2. The second kappa shape index (κ2) is 5.73. The zero-order chi connectivity index (χ0) is 15.8. The number of hydrogen-bond donors (Lipinski definition) is 0. The number of benzene rings is 2. The van der Waals surface area contributed by atoms with Crippen LogP contribution < -0.4 is 0 Å². The van der Waals surface area contributed by atoms with Crippen molar-refractivity contribution in [1.82, 2.24) is 9.38 Å². The molecule has 0 saturated heterocycles. The Hall–Kier alpha value is -2.29. The molecule has 2 aromatic carbocycles. The number of imidazole rings is 1. The average molecular weight is 338 g/mol. The Kier molecular flexibility index (Phi) is 3.56. The largest absolute Gasteiger partial charge is 0.306 e. The van der Waals surface area contributed by atoms with Crippen LogP contribution in [-0.4, -0.2) is 9.38 Å². The van der Waals surface area contributed by atoms with Crippen molar-refractivity contribution in [2.24, 2.45) is 0 Å². The van der Waals surface area contributed by atoms with Crippen molar-refractivity contribution in [2.45, 2.75) is 0 Å². The quantitative estimate of drug-likeness (QED) is 0.453. The van der Waals surface area contributed by atoms with Crippen molar-refractivity contribution in [3.05, 3.63) is 83.2 Å². The highest BCUT2D eigenvalue weighted by Crippen LogP contribution is 2.35. The summed E-state index contributed by atoms with van der Waals surface area (Å²) in [7, 11) is 0. The summed E-state index contributed by atoms with van der Waals surface area (Å²) in [5.41, 5.74) is 4.99. The van der Waals surface area contributed by atoms with Gasteiger partial charge in [0.1, 0.15) is 5.65 Å². The highest BCUT2D eigenvalue weighted by atomic mass is 35.5. The van der Waals surface area contributed by atoms with Crippen LogP contribution in [0.2, 0.25) is 10.0 Å². The minimum atomic E-state index is 0.709. The molecule has 1 radical (unpaired) electrons. The van der Waals surface area contributed by atoms with Crippen molar-refractivity contribution < 1.29 is 0 Å². The molecule has 111 valence electrons. The zero-order valence-corrected chi connectivity index (χ0v) is 13.5. The van der Waals surface area contributed by atoms with Gasteiger partial charge in [-0.2, -0.15) is 0 Å². The molecule has 0 fully saturated rings. The van der Waals surface area contributed by atoms with Crippen LogP contribution in [0.5, 0.6) is 0 Å². The van der Waals surface area contributed by atoms with E-state index in [0.717, 1.165) is 27.9 Å². The summed E-state index contributed by atoms with van der Waals surface area (Å²) in [6, 6.07) is 18.9. The summed E-state index contributed by atoms with van der Waals surface area (Å²) in [5.74, 6) is 0. The molecule has 0 spiro atoms. The van der Waals surface area contributed by atoms with Crippen molar-refractivity contribution in [3.8, 4) is 22.3 Å². The van der Waals surface area contributed by atoms with Gasteiger partial charge in [-0.1, -0.05) is 47.5 Å². The molecule has 0 saturated carbocycles. The van der Waals surface area contributed by atoms with Crippen LogP contribution in [-0.2, 0) is 0 Å². The van der Waals surface area contributed by atoms with E-state index in [4.69, 9.17) is 23.2 Å². The first kappa shape index (κ1) is 14.3. The summed E-state index contributed by atoms with van der Waals surface area (Å²) >= 11 is 12.0. The number of rotatable bonds is 2. The number of halogens is 2. The standard InChI is InChI=1S/C19H11Cl2N2/c20-15-5-1-13(2-6-15)17-9-11-23-12-10-22-19(23)18(17)14-3-7-16(21)8-4-14/h1-8,10-12H. The molecule has 0 aliphatic heterocycles. The van der Waals surface area contributed by atoms with E-state index in [2.05, 4.69) is 11.1 Å². The van der Waals surface area contributed by atoms with Crippen LogP contribution >= 0.6 is 23.2 Å². The lowest BCUT2D eigenvalue weighted by Crippen LogP contribution is -1.93. The van der Waals surface area contributed by atoms with Gasteiger partial charge in [0, 0.05) is 45.8 Å². The van der Waals surface area contributed by atoms with E-state index in [0.29, 0.717) is 10.0 Å². The molecule has 0 amide bonds. The summed E-state index contributed by atoms with van der Waals surface area (Å²) in [5, 5.41) is 1.42. The molecule has 23 heavy (non-hydrogen) atoms. The molecule has 2 nitrogen and oxygen atoms in total. The second-order valence-corrected chi connectivity index (χ2v) is 6.07. The summed E-state index contributed by atoms with van der Waals surface area (Å²) < 4.78 is 1.96. The average Bonchev–Trinajstić information content (AvgIpc) is 3.04. The van der Waals surface area contributed by atoms with Crippen molar-refractivity contribution in [1.29, 1.82) is 0 Å². The first-order chi connectivity index (χ1) is 11.2. The molecule has 2 aromatic heterocycles. The van der Waals surface area contributed by atoms with E-state index in [9.17, 15) is 0 Å². The number of pyridine rings is 1. The molecule has 0 atom stereocenters. The van der Waals surface area contributed by atoms with Crippen LogP contribution in [0.4, 0.5) is 0 Å². The van der Waals surface area contributed by atoms with Gasteiger partial charge in [-0.05, 0) is 35.4 Å². The van der Waals surface area contributed by atoms with Gasteiger partial charge in [0.05, 0.1) is 0 Å². The van der Waals surface area contributed by atoms with Gasteiger partial charge in [-0.15, -0.1) is 0 Å². The molecule has 0 aliphatic carbocycles. The van der Waals surface area contributed by atoms with E-state index in [1.54, 1.807) is 6.20 Å². The molecule has 0 N–H and O–H groups in total. The fourth-order valence-electron chi connectivity index (χ4n) is 2.66. The Morgan fingerprint density at radius 2 is 1.43 bits per heavy atom. The number of fused-ring (bicyclic) bond motifs is 1. The van der Waals surface area contributed by atoms with Crippen molar-refractivity contribution in [2.75, 3.05) is 0 Å². The van der Waals surface area contributed by atoms with Crippen LogP contribution in [0.1, 0.15) is 0 Å². The third-order valence-corrected chi connectivity index (χ3v) is 4.26. The first-order valence-electron chi connectivity index (χ1n) is 7.11. The molecule has 4 aromatic rings.